The van der Waals surface area contributed by atoms with E-state index < -0.39 is 0 Å². The van der Waals surface area contributed by atoms with Crippen LogP contribution in [0.15, 0.2) is 51.4 Å². The predicted octanol–water partition coefficient (Wildman–Crippen LogP) is 4.71. The number of ether oxygens (including phenoxy) is 2. The minimum absolute atomic E-state index is 0.551. The number of halogens is 2. The average molecular weight is 401 g/mol. The maximum atomic E-state index is 5.76. The van der Waals surface area contributed by atoms with Crippen LogP contribution in [0.1, 0.15) is 0 Å². The Bertz CT molecular complexity index is 558. The van der Waals surface area contributed by atoms with Crippen LogP contribution in [0.2, 0.25) is 0 Å². The van der Waals surface area contributed by atoms with Gasteiger partial charge in [0.25, 0.3) is 0 Å². The Labute approximate surface area is 135 Å². The summed E-state index contributed by atoms with van der Waals surface area (Å²) in [5.74, 6) is 1.45. The van der Waals surface area contributed by atoms with E-state index in [9.17, 15) is 0 Å². The third kappa shape index (κ3) is 4.15. The van der Waals surface area contributed by atoms with Gasteiger partial charge in [0.2, 0.25) is 0 Å². The van der Waals surface area contributed by atoms with Crippen LogP contribution in [-0.2, 0) is 0 Å². The molecule has 0 radical (unpaired) electrons. The molecule has 0 aliphatic carbocycles. The van der Waals surface area contributed by atoms with Crippen LogP contribution < -0.4 is 14.8 Å². The van der Waals surface area contributed by atoms with Gasteiger partial charge in [0.15, 0.2) is 11.5 Å². The molecule has 5 heteroatoms. The molecule has 1 N–H and O–H groups in total. The van der Waals surface area contributed by atoms with Gasteiger partial charge in [-0.25, -0.2) is 0 Å². The van der Waals surface area contributed by atoms with Crippen molar-refractivity contribution in [3.63, 3.8) is 0 Å². The lowest BCUT2D eigenvalue weighted by Crippen LogP contribution is -2.12. The molecule has 2 aromatic rings. The number of para-hydroxylation sites is 1. The quantitative estimate of drug-likeness (QED) is 0.712. The van der Waals surface area contributed by atoms with Gasteiger partial charge in [-0.1, -0.05) is 22.0 Å². The number of benzene rings is 2. The largest absolute Gasteiger partial charge is 0.493 e. The second-order valence-corrected chi connectivity index (χ2v) is 5.82. The first kappa shape index (κ1) is 15.2. The van der Waals surface area contributed by atoms with Crippen LogP contribution in [0.4, 0.5) is 5.69 Å². The van der Waals surface area contributed by atoms with Crippen molar-refractivity contribution in [2.24, 2.45) is 0 Å². The second-order valence-electron chi connectivity index (χ2n) is 4.05. The van der Waals surface area contributed by atoms with Crippen molar-refractivity contribution in [1.82, 2.24) is 0 Å². The van der Waals surface area contributed by atoms with Gasteiger partial charge in [0.1, 0.15) is 6.61 Å². The Morgan fingerprint density at radius 2 is 1.80 bits per heavy atom. The summed E-state index contributed by atoms with van der Waals surface area (Å²) in [6.07, 6.45) is 0. The average Bonchev–Trinajstić information content (AvgIpc) is 2.46. The Hall–Kier alpha value is -1.20. The molecule has 0 amide bonds. The van der Waals surface area contributed by atoms with E-state index in [-0.39, 0.29) is 0 Å². The summed E-state index contributed by atoms with van der Waals surface area (Å²) in [5, 5.41) is 3.30. The van der Waals surface area contributed by atoms with Crippen molar-refractivity contribution < 1.29 is 9.47 Å². The number of methoxy groups -OCH3 is 1. The maximum absolute atomic E-state index is 5.76. The lowest BCUT2D eigenvalue weighted by Gasteiger charge is -2.13. The van der Waals surface area contributed by atoms with Gasteiger partial charge in [-0.05, 0) is 52.3 Å². The van der Waals surface area contributed by atoms with Crippen molar-refractivity contribution in [1.29, 1.82) is 0 Å². The first-order valence-electron chi connectivity index (χ1n) is 6.15. The summed E-state index contributed by atoms with van der Waals surface area (Å²) >= 11 is 6.87. The van der Waals surface area contributed by atoms with E-state index in [2.05, 4.69) is 37.2 Å². The fraction of sp³-hybridized carbons (Fsp3) is 0.200. The van der Waals surface area contributed by atoms with Crippen molar-refractivity contribution in [3.8, 4) is 11.5 Å². The Balaban J connectivity index is 1.86. The third-order valence-corrected chi connectivity index (χ3v) is 3.83. The lowest BCUT2D eigenvalue weighted by atomic mass is 10.3. The molecule has 20 heavy (non-hydrogen) atoms. The molecular weight excluding hydrogens is 386 g/mol. The molecule has 0 spiro atoms. The van der Waals surface area contributed by atoms with E-state index in [0.29, 0.717) is 13.2 Å². The van der Waals surface area contributed by atoms with Gasteiger partial charge in [-0.15, -0.1) is 0 Å². The van der Waals surface area contributed by atoms with Crippen molar-refractivity contribution >= 4 is 37.5 Å². The molecule has 3 nitrogen and oxygen atoms in total. The van der Waals surface area contributed by atoms with E-state index in [1.807, 2.05) is 42.5 Å². The molecule has 2 aromatic carbocycles. The van der Waals surface area contributed by atoms with Crippen LogP contribution in [0, 0.1) is 0 Å². The van der Waals surface area contributed by atoms with E-state index in [0.717, 1.165) is 26.1 Å². The molecule has 0 aliphatic rings. The summed E-state index contributed by atoms with van der Waals surface area (Å²) in [7, 11) is 1.63. The minimum Gasteiger partial charge on any atom is -0.493 e. The molecular formula is C15H15Br2NO2. The molecule has 0 saturated heterocycles. The van der Waals surface area contributed by atoms with Crippen LogP contribution in [0.25, 0.3) is 0 Å². The molecule has 0 aliphatic heterocycles. The minimum atomic E-state index is 0.551. The van der Waals surface area contributed by atoms with E-state index in [1.165, 1.54) is 0 Å². The zero-order chi connectivity index (χ0) is 14.4. The van der Waals surface area contributed by atoms with Crippen molar-refractivity contribution in [2.45, 2.75) is 0 Å². The third-order valence-electron chi connectivity index (χ3n) is 2.67. The van der Waals surface area contributed by atoms with Gasteiger partial charge < -0.3 is 14.8 Å². The highest BCUT2D eigenvalue weighted by Crippen LogP contribution is 2.34. The molecule has 0 aromatic heterocycles. The zero-order valence-corrected chi connectivity index (χ0v) is 14.2. The normalized spacial score (nSPS) is 10.2. The van der Waals surface area contributed by atoms with Crippen LogP contribution in [-0.4, -0.2) is 20.3 Å². The summed E-state index contributed by atoms with van der Waals surface area (Å²) in [5.41, 5.74) is 1.07. The summed E-state index contributed by atoms with van der Waals surface area (Å²) in [6, 6.07) is 13.8. The molecule has 0 bridgehead atoms. The van der Waals surface area contributed by atoms with Crippen LogP contribution in [0.3, 0.4) is 0 Å². The molecule has 0 saturated carbocycles. The number of rotatable bonds is 6. The van der Waals surface area contributed by atoms with E-state index in [4.69, 9.17) is 9.47 Å². The smallest absolute Gasteiger partial charge is 0.175 e. The van der Waals surface area contributed by atoms with Crippen molar-refractivity contribution in [3.05, 3.63) is 51.4 Å². The predicted molar refractivity (Wildman–Crippen MR) is 88.8 cm³/mol. The zero-order valence-electron chi connectivity index (χ0n) is 11.0. The maximum Gasteiger partial charge on any atom is 0.175 e. The first-order chi connectivity index (χ1) is 9.70. The highest BCUT2D eigenvalue weighted by Gasteiger charge is 2.07. The highest BCUT2D eigenvalue weighted by atomic mass is 79.9. The lowest BCUT2D eigenvalue weighted by molar-refractivity contribution is 0.304. The first-order valence-corrected chi connectivity index (χ1v) is 7.74. The van der Waals surface area contributed by atoms with Crippen molar-refractivity contribution in [2.75, 3.05) is 25.6 Å². The van der Waals surface area contributed by atoms with Gasteiger partial charge in [0, 0.05) is 16.7 Å². The molecule has 0 fully saturated rings. The Morgan fingerprint density at radius 3 is 2.50 bits per heavy atom. The van der Waals surface area contributed by atoms with Gasteiger partial charge in [-0.3, -0.25) is 0 Å². The number of anilines is 1. The fourth-order valence-electron chi connectivity index (χ4n) is 1.71. The number of hydrogen-bond donors (Lipinski definition) is 1. The SMILES string of the molecule is COc1cccc(Br)c1OCCNc1ccc(Br)cc1. The molecule has 2 rings (SSSR count). The summed E-state index contributed by atoms with van der Waals surface area (Å²) in [4.78, 5) is 0. The van der Waals surface area contributed by atoms with E-state index in [1.54, 1.807) is 7.11 Å². The van der Waals surface area contributed by atoms with Gasteiger partial charge in [-0.2, -0.15) is 0 Å². The topological polar surface area (TPSA) is 30.5 Å². The summed E-state index contributed by atoms with van der Waals surface area (Å²) < 4.78 is 13.0. The fourth-order valence-corrected chi connectivity index (χ4v) is 2.43. The summed E-state index contributed by atoms with van der Waals surface area (Å²) in [6.45, 7) is 1.27. The Kier molecular flexibility index (Phi) is 5.73. The van der Waals surface area contributed by atoms with E-state index >= 15 is 0 Å². The molecule has 0 unspecified atom stereocenters. The van der Waals surface area contributed by atoms with Crippen LogP contribution >= 0.6 is 31.9 Å². The van der Waals surface area contributed by atoms with Gasteiger partial charge in [0.05, 0.1) is 11.6 Å². The van der Waals surface area contributed by atoms with Crippen LogP contribution in [0.5, 0.6) is 11.5 Å². The molecule has 0 atom stereocenters. The molecule has 106 valence electrons. The number of hydrogen-bond acceptors (Lipinski definition) is 3. The monoisotopic (exact) mass is 399 g/mol. The number of nitrogens with one attached hydrogen (secondary N) is 1. The second kappa shape index (κ2) is 7.55. The van der Waals surface area contributed by atoms with Gasteiger partial charge >= 0.3 is 0 Å². The molecule has 0 heterocycles. The standard InChI is InChI=1S/C15H15Br2NO2/c1-19-14-4-2-3-13(17)15(14)20-10-9-18-12-7-5-11(16)6-8-12/h2-8,18H,9-10H2,1H3. The highest BCUT2D eigenvalue weighted by molar-refractivity contribution is 9.10. The Morgan fingerprint density at radius 1 is 1.05 bits per heavy atom.